The maximum absolute atomic E-state index is 6.61. The second-order valence-corrected chi connectivity index (χ2v) is 7.91. The van der Waals surface area contributed by atoms with Gasteiger partial charge in [-0.1, -0.05) is 85.7 Å². The van der Waals surface area contributed by atoms with Gasteiger partial charge in [0.15, 0.2) is 0 Å². The maximum Gasteiger partial charge on any atom is 0.0707 e. The molecule has 3 heteroatoms. The Morgan fingerprint density at radius 3 is 1.36 bits per heavy atom. The lowest BCUT2D eigenvalue weighted by Gasteiger charge is -2.40. The zero-order valence-corrected chi connectivity index (χ0v) is 16.3. The Hall–Kier alpha value is 0.195. The van der Waals surface area contributed by atoms with E-state index in [1.54, 1.807) is 0 Å². The molecule has 0 heterocycles. The molecule has 0 nitrogen and oxygen atoms in total. The Bertz CT molecular complexity index is 266. The summed E-state index contributed by atoms with van der Waals surface area (Å²) < 4.78 is 0. The van der Waals surface area contributed by atoms with E-state index in [1.165, 1.54) is 0 Å². The SMILES string of the molecule is [B]C(CC)C(C)C(C)C([B])C(C)C(C)C(C)C([B])C(C)CC. The van der Waals surface area contributed by atoms with Gasteiger partial charge in [-0.15, -0.1) is 0 Å². The fraction of sp³-hybridized carbons (Fsp3) is 1.00. The summed E-state index contributed by atoms with van der Waals surface area (Å²) in [5, 5.41) is 0. The summed E-state index contributed by atoms with van der Waals surface area (Å²) in [6.45, 7) is 18.0. The normalized spacial score (nSPS) is 24.5. The van der Waals surface area contributed by atoms with Crippen molar-refractivity contribution in [2.45, 2.75) is 85.7 Å². The smallest absolute Gasteiger partial charge is 0.0707 e. The number of hydrogen-bond acceptors (Lipinski definition) is 0. The van der Waals surface area contributed by atoms with Crippen LogP contribution < -0.4 is 0 Å². The minimum Gasteiger partial charge on any atom is -0.0749 e. The predicted molar refractivity (Wildman–Crippen MR) is 104 cm³/mol. The maximum atomic E-state index is 6.61. The lowest BCUT2D eigenvalue weighted by Crippen LogP contribution is -2.31. The van der Waals surface area contributed by atoms with Gasteiger partial charge in [0.1, 0.15) is 0 Å². The largest absolute Gasteiger partial charge is 0.0749 e. The van der Waals surface area contributed by atoms with E-state index in [0.29, 0.717) is 35.5 Å². The second-order valence-electron chi connectivity index (χ2n) is 7.91. The molecule has 0 fully saturated rings. The molecular formula is C19H37B3. The van der Waals surface area contributed by atoms with E-state index in [2.05, 4.69) is 55.4 Å². The minimum absolute atomic E-state index is 0.175. The highest BCUT2D eigenvalue weighted by molar-refractivity contribution is 6.13. The first kappa shape index (κ1) is 22.2. The van der Waals surface area contributed by atoms with Gasteiger partial charge in [-0.3, -0.25) is 0 Å². The summed E-state index contributed by atoms with van der Waals surface area (Å²) in [5.41, 5.74) is 0. The van der Waals surface area contributed by atoms with E-state index < -0.39 is 0 Å². The molecule has 6 radical (unpaired) electrons. The van der Waals surface area contributed by atoms with E-state index in [0.717, 1.165) is 12.8 Å². The van der Waals surface area contributed by atoms with Crippen molar-refractivity contribution in [2.75, 3.05) is 0 Å². The van der Waals surface area contributed by atoms with Gasteiger partial charge in [-0.25, -0.2) is 0 Å². The molecular weight excluding hydrogens is 261 g/mol. The summed E-state index contributed by atoms with van der Waals surface area (Å²) in [4.78, 5) is 0. The molecule has 0 saturated carbocycles. The summed E-state index contributed by atoms with van der Waals surface area (Å²) in [6.07, 6.45) is 2.15. The molecule has 0 bridgehead atoms. The van der Waals surface area contributed by atoms with Crippen LogP contribution in [0.3, 0.4) is 0 Å². The lowest BCUT2D eigenvalue weighted by molar-refractivity contribution is 0.193. The topological polar surface area (TPSA) is 0 Å². The number of rotatable bonds is 10. The molecule has 22 heavy (non-hydrogen) atoms. The van der Waals surface area contributed by atoms with E-state index in [1.807, 2.05) is 0 Å². The van der Waals surface area contributed by atoms with Gasteiger partial charge in [-0.05, 0) is 35.5 Å². The van der Waals surface area contributed by atoms with Crippen LogP contribution in [-0.4, -0.2) is 23.5 Å². The van der Waals surface area contributed by atoms with Crippen molar-refractivity contribution in [2.24, 2.45) is 35.5 Å². The third-order valence-electron chi connectivity index (χ3n) is 6.76. The van der Waals surface area contributed by atoms with Crippen LogP contribution in [0.15, 0.2) is 0 Å². The zero-order valence-electron chi connectivity index (χ0n) is 16.3. The molecule has 122 valence electrons. The third-order valence-corrected chi connectivity index (χ3v) is 6.76. The third kappa shape index (κ3) is 5.68. The average molecular weight is 298 g/mol. The van der Waals surface area contributed by atoms with Crippen molar-refractivity contribution in [1.82, 2.24) is 0 Å². The van der Waals surface area contributed by atoms with Crippen LogP contribution >= 0.6 is 0 Å². The van der Waals surface area contributed by atoms with Crippen molar-refractivity contribution in [3.8, 4) is 0 Å². The first-order chi connectivity index (χ1) is 10.1. The molecule has 0 amide bonds. The summed E-state index contributed by atoms with van der Waals surface area (Å²) in [5.74, 6) is 3.56. The summed E-state index contributed by atoms with van der Waals surface area (Å²) in [6, 6.07) is 0. The van der Waals surface area contributed by atoms with E-state index in [4.69, 9.17) is 23.5 Å². The second kappa shape index (κ2) is 10.1. The van der Waals surface area contributed by atoms with E-state index in [-0.39, 0.29) is 17.5 Å². The molecule has 0 aromatic heterocycles. The molecule has 0 aromatic rings. The Morgan fingerprint density at radius 1 is 0.545 bits per heavy atom. The molecule has 0 spiro atoms. The van der Waals surface area contributed by atoms with E-state index in [9.17, 15) is 0 Å². The number of hydrogen-bond donors (Lipinski definition) is 0. The van der Waals surface area contributed by atoms with Gasteiger partial charge in [0, 0.05) is 0 Å². The van der Waals surface area contributed by atoms with Crippen molar-refractivity contribution in [3.05, 3.63) is 0 Å². The lowest BCUT2D eigenvalue weighted by atomic mass is 9.55. The van der Waals surface area contributed by atoms with Crippen LogP contribution in [0.2, 0.25) is 17.5 Å². The molecule has 0 aliphatic carbocycles. The summed E-state index contributed by atoms with van der Waals surface area (Å²) in [7, 11) is 19.3. The molecule has 0 aliphatic heterocycles. The summed E-state index contributed by atoms with van der Waals surface area (Å²) >= 11 is 0. The van der Waals surface area contributed by atoms with Crippen molar-refractivity contribution < 1.29 is 0 Å². The van der Waals surface area contributed by atoms with Crippen molar-refractivity contribution in [1.29, 1.82) is 0 Å². The molecule has 9 atom stereocenters. The monoisotopic (exact) mass is 298 g/mol. The molecule has 0 rings (SSSR count). The highest BCUT2D eigenvalue weighted by Crippen LogP contribution is 2.43. The van der Waals surface area contributed by atoms with Gasteiger partial charge >= 0.3 is 0 Å². The Morgan fingerprint density at radius 2 is 0.955 bits per heavy atom. The minimum atomic E-state index is 0.175. The Labute approximate surface area is 145 Å². The molecule has 9 unspecified atom stereocenters. The highest BCUT2D eigenvalue weighted by atomic mass is 14.3. The van der Waals surface area contributed by atoms with Gasteiger partial charge in [0.25, 0.3) is 0 Å². The van der Waals surface area contributed by atoms with Gasteiger partial charge in [-0.2, -0.15) is 0 Å². The quantitative estimate of drug-likeness (QED) is 0.467. The fourth-order valence-corrected chi connectivity index (χ4v) is 3.56. The van der Waals surface area contributed by atoms with Crippen LogP contribution in [0.25, 0.3) is 0 Å². The Kier molecular flexibility index (Phi) is 10.2. The molecule has 0 aromatic carbocycles. The highest BCUT2D eigenvalue weighted by Gasteiger charge is 2.32. The average Bonchev–Trinajstić information content (AvgIpc) is 2.55. The zero-order chi connectivity index (χ0) is 17.6. The van der Waals surface area contributed by atoms with Crippen LogP contribution in [0.1, 0.15) is 68.2 Å². The predicted octanol–water partition coefficient (Wildman–Crippen LogP) is 5.49. The first-order valence-electron chi connectivity index (χ1n) is 9.36. The molecule has 0 saturated heterocycles. The first-order valence-corrected chi connectivity index (χ1v) is 9.36. The van der Waals surface area contributed by atoms with Gasteiger partial charge in [0.2, 0.25) is 0 Å². The van der Waals surface area contributed by atoms with Crippen molar-refractivity contribution in [3.63, 3.8) is 0 Å². The van der Waals surface area contributed by atoms with Gasteiger partial charge < -0.3 is 0 Å². The van der Waals surface area contributed by atoms with Gasteiger partial charge in [0.05, 0.1) is 23.5 Å². The Balaban J connectivity index is 4.82. The van der Waals surface area contributed by atoms with Crippen LogP contribution in [-0.2, 0) is 0 Å². The fourth-order valence-electron chi connectivity index (χ4n) is 3.56. The van der Waals surface area contributed by atoms with Crippen LogP contribution in [0.4, 0.5) is 0 Å². The molecule has 0 N–H and O–H groups in total. The molecule has 0 aliphatic rings. The van der Waals surface area contributed by atoms with Crippen LogP contribution in [0, 0.1) is 35.5 Å². The standard InChI is InChI=1S/C19H37B3/c1-9-11(3)18(21)14(6)12(4)15(7)19(22)16(8)13(5)17(20)10-2/h11-19H,9-10H2,1-8H3. The van der Waals surface area contributed by atoms with Crippen molar-refractivity contribution >= 4 is 23.5 Å². The van der Waals surface area contributed by atoms with Crippen LogP contribution in [0.5, 0.6) is 0 Å². The van der Waals surface area contributed by atoms with E-state index >= 15 is 0 Å².